The normalized spacial score (nSPS) is 14.5. The van der Waals surface area contributed by atoms with E-state index in [4.69, 9.17) is 20.6 Å². The molecule has 0 bridgehead atoms. The SMILES string of the molecule is CCOC(=O)C1(COc2cc(C)c(-c3cnc(C(=N)N)nc3)cn2)CC1. The lowest BCUT2D eigenvalue weighted by molar-refractivity contribution is -0.150. The molecule has 0 radical (unpaired) electrons. The van der Waals surface area contributed by atoms with Crippen LogP contribution in [0.2, 0.25) is 0 Å². The van der Waals surface area contributed by atoms with E-state index in [1.165, 1.54) is 0 Å². The lowest BCUT2D eigenvalue weighted by Gasteiger charge is -2.15. The number of rotatable bonds is 7. The number of ether oxygens (including phenoxy) is 2. The molecule has 0 aromatic carbocycles. The van der Waals surface area contributed by atoms with Crippen molar-refractivity contribution in [1.82, 2.24) is 15.0 Å². The number of aryl methyl sites for hydroxylation is 1. The second kappa shape index (κ2) is 7.07. The van der Waals surface area contributed by atoms with Crippen molar-refractivity contribution in [2.45, 2.75) is 26.7 Å². The molecular formula is C18H21N5O3. The second-order valence-corrected chi connectivity index (χ2v) is 6.34. The summed E-state index contributed by atoms with van der Waals surface area (Å²) in [4.78, 5) is 24.4. The van der Waals surface area contributed by atoms with Crippen LogP contribution in [0.25, 0.3) is 11.1 Å². The predicted molar refractivity (Wildman–Crippen MR) is 94.8 cm³/mol. The van der Waals surface area contributed by atoms with E-state index < -0.39 is 5.41 Å². The lowest BCUT2D eigenvalue weighted by atomic mass is 10.1. The van der Waals surface area contributed by atoms with Crippen molar-refractivity contribution < 1.29 is 14.3 Å². The summed E-state index contributed by atoms with van der Waals surface area (Å²) in [5, 5.41) is 7.33. The number of amidine groups is 1. The molecule has 0 atom stereocenters. The number of esters is 1. The Hall–Kier alpha value is -3.03. The molecule has 8 heteroatoms. The van der Waals surface area contributed by atoms with Crippen LogP contribution in [-0.4, -0.2) is 40.0 Å². The van der Waals surface area contributed by atoms with Gasteiger partial charge in [-0.05, 0) is 32.3 Å². The van der Waals surface area contributed by atoms with Gasteiger partial charge in [-0.25, -0.2) is 15.0 Å². The van der Waals surface area contributed by atoms with E-state index in [0.717, 1.165) is 29.5 Å². The first-order chi connectivity index (χ1) is 12.4. The summed E-state index contributed by atoms with van der Waals surface area (Å²) in [5.74, 6) is 0.276. The highest BCUT2D eigenvalue weighted by atomic mass is 16.5. The van der Waals surface area contributed by atoms with Gasteiger partial charge < -0.3 is 15.2 Å². The predicted octanol–water partition coefficient (Wildman–Crippen LogP) is 1.85. The molecule has 2 aromatic heterocycles. The van der Waals surface area contributed by atoms with Gasteiger partial charge in [0.05, 0.1) is 6.61 Å². The van der Waals surface area contributed by atoms with Crippen LogP contribution >= 0.6 is 0 Å². The molecule has 1 saturated carbocycles. The fourth-order valence-electron chi connectivity index (χ4n) is 2.57. The number of pyridine rings is 1. The molecule has 136 valence electrons. The van der Waals surface area contributed by atoms with Gasteiger partial charge in [-0.15, -0.1) is 0 Å². The number of aromatic nitrogens is 3. The number of carbonyl (C=O) groups excluding carboxylic acids is 1. The standard InChI is InChI=1S/C18H21N5O3/c1-3-25-17(24)18(4-5-18)10-26-14-6-11(2)13(9-21-14)12-7-22-16(15(19)20)23-8-12/h6-9H,3-5,10H2,1-2H3,(H3,19,20). The van der Waals surface area contributed by atoms with Crippen LogP contribution < -0.4 is 10.5 Å². The molecular weight excluding hydrogens is 334 g/mol. The van der Waals surface area contributed by atoms with Crippen molar-refractivity contribution in [3.8, 4) is 17.0 Å². The van der Waals surface area contributed by atoms with E-state index in [2.05, 4.69) is 15.0 Å². The molecule has 3 N–H and O–H groups in total. The topological polar surface area (TPSA) is 124 Å². The van der Waals surface area contributed by atoms with Crippen LogP contribution in [-0.2, 0) is 9.53 Å². The Balaban J connectivity index is 1.70. The number of hydrogen-bond donors (Lipinski definition) is 2. The molecule has 1 aliphatic rings. The van der Waals surface area contributed by atoms with E-state index in [1.807, 2.05) is 13.0 Å². The van der Waals surface area contributed by atoms with Gasteiger partial charge in [0.2, 0.25) is 5.88 Å². The monoisotopic (exact) mass is 355 g/mol. The Labute approximate surface area is 151 Å². The average Bonchev–Trinajstić information content (AvgIpc) is 3.42. The van der Waals surface area contributed by atoms with Gasteiger partial charge in [-0.2, -0.15) is 0 Å². The summed E-state index contributed by atoms with van der Waals surface area (Å²) in [6.45, 7) is 4.37. The largest absolute Gasteiger partial charge is 0.476 e. The van der Waals surface area contributed by atoms with Crippen molar-refractivity contribution in [1.29, 1.82) is 5.41 Å². The molecule has 3 rings (SSSR count). The second-order valence-electron chi connectivity index (χ2n) is 6.34. The summed E-state index contributed by atoms with van der Waals surface area (Å²) in [6, 6.07) is 1.81. The number of nitrogen functional groups attached to an aromatic ring is 1. The van der Waals surface area contributed by atoms with Crippen LogP contribution in [0.1, 0.15) is 31.2 Å². The average molecular weight is 355 g/mol. The fraction of sp³-hybridized carbons (Fsp3) is 0.389. The van der Waals surface area contributed by atoms with E-state index in [0.29, 0.717) is 12.5 Å². The van der Waals surface area contributed by atoms with Gasteiger partial charge in [-0.3, -0.25) is 10.2 Å². The summed E-state index contributed by atoms with van der Waals surface area (Å²) in [6.07, 6.45) is 6.45. The molecule has 0 unspecified atom stereocenters. The first kappa shape index (κ1) is 17.8. The van der Waals surface area contributed by atoms with Gasteiger partial charge in [-0.1, -0.05) is 0 Å². The zero-order valence-electron chi connectivity index (χ0n) is 14.8. The third-order valence-electron chi connectivity index (χ3n) is 4.35. The molecule has 1 aliphatic carbocycles. The molecule has 26 heavy (non-hydrogen) atoms. The summed E-state index contributed by atoms with van der Waals surface area (Å²) < 4.78 is 10.8. The number of nitrogens with zero attached hydrogens (tertiary/aromatic N) is 3. The Morgan fingerprint density at radius 2 is 1.96 bits per heavy atom. The quantitative estimate of drug-likeness (QED) is 0.441. The molecule has 0 amide bonds. The van der Waals surface area contributed by atoms with Crippen LogP contribution in [0.4, 0.5) is 0 Å². The molecule has 1 fully saturated rings. The summed E-state index contributed by atoms with van der Waals surface area (Å²) in [7, 11) is 0. The van der Waals surface area contributed by atoms with Crippen LogP contribution in [0.5, 0.6) is 5.88 Å². The van der Waals surface area contributed by atoms with Gasteiger partial charge in [0.15, 0.2) is 11.7 Å². The van der Waals surface area contributed by atoms with Crippen molar-refractivity contribution in [3.05, 3.63) is 36.0 Å². The van der Waals surface area contributed by atoms with Crippen LogP contribution in [0, 0.1) is 17.7 Å². The van der Waals surface area contributed by atoms with Crippen molar-refractivity contribution in [3.63, 3.8) is 0 Å². The van der Waals surface area contributed by atoms with Crippen molar-refractivity contribution in [2.75, 3.05) is 13.2 Å². The van der Waals surface area contributed by atoms with E-state index in [1.54, 1.807) is 25.5 Å². The zero-order valence-corrected chi connectivity index (χ0v) is 14.8. The fourth-order valence-corrected chi connectivity index (χ4v) is 2.57. The van der Waals surface area contributed by atoms with Crippen molar-refractivity contribution in [2.24, 2.45) is 11.1 Å². The highest BCUT2D eigenvalue weighted by Gasteiger charge is 2.52. The first-order valence-electron chi connectivity index (χ1n) is 8.38. The number of carbonyl (C=O) groups is 1. The number of nitrogens with two attached hydrogens (primary N) is 1. The van der Waals surface area contributed by atoms with E-state index in [9.17, 15) is 4.79 Å². The number of nitrogens with one attached hydrogen (secondary N) is 1. The van der Waals surface area contributed by atoms with Crippen molar-refractivity contribution >= 4 is 11.8 Å². The van der Waals surface area contributed by atoms with Gasteiger partial charge in [0.25, 0.3) is 0 Å². The molecule has 0 saturated heterocycles. The Morgan fingerprint density at radius 1 is 1.27 bits per heavy atom. The maximum Gasteiger partial charge on any atom is 0.315 e. The number of hydrogen-bond acceptors (Lipinski definition) is 7. The maximum atomic E-state index is 12.0. The Bertz CT molecular complexity index is 831. The van der Waals surface area contributed by atoms with Gasteiger partial charge >= 0.3 is 5.97 Å². The molecule has 0 spiro atoms. The minimum absolute atomic E-state index is 0.175. The lowest BCUT2D eigenvalue weighted by Crippen LogP contribution is -2.26. The summed E-state index contributed by atoms with van der Waals surface area (Å²) >= 11 is 0. The van der Waals surface area contributed by atoms with Crippen LogP contribution in [0.3, 0.4) is 0 Å². The zero-order chi connectivity index (χ0) is 18.7. The summed E-state index contributed by atoms with van der Waals surface area (Å²) in [5.41, 5.74) is 7.42. The maximum absolute atomic E-state index is 12.0. The highest BCUT2D eigenvalue weighted by Crippen LogP contribution is 2.47. The Kier molecular flexibility index (Phi) is 4.83. The molecule has 8 nitrogen and oxygen atoms in total. The van der Waals surface area contributed by atoms with Gasteiger partial charge in [0, 0.05) is 35.8 Å². The van der Waals surface area contributed by atoms with Gasteiger partial charge in [0.1, 0.15) is 12.0 Å². The van der Waals surface area contributed by atoms with E-state index in [-0.39, 0.29) is 24.2 Å². The first-order valence-corrected chi connectivity index (χ1v) is 8.38. The van der Waals surface area contributed by atoms with E-state index >= 15 is 0 Å². The molecule has 0 aliphatic heterocycles. The minimum Gasteiger partial charge on any atom is -0.476 e. The Morgan fingerprint density at radius 3 is 2.50 bits per heavy atom. The smallest absolute Gasteiger partial charge is 0.315 e. The minimum atomic E-state index is -0.513. The highest BCUT2D eigenvalue weighted by molar-refractivity contribution is 5.91. The third kappa shape index (κ3) is 3.63. The van der Waals surface area contributed by atoms with Crippen LogP contribution in [0.15, 0.2) is 24.7 Å². The molecule has 2 aromatic rings. The molecule has 2 heterocycles. The third-order valence-corrected chi connectivity index (χ3v) is 4.35.